The third-order valence-electron chi connectivity index (χ3n) is 3.98. The molecule has 0 aliphatic carbocycles. The Morgan fingerprint density at radius 2 is 1.92 bits per heavy atom. The maximum absolute atomic E-state index is 11.7. The molecule has 1 aromatic carbocycles. The van der Waals surface area contributed by atoms with E-state index in [1.54, 1.807) is 22.9 Å². The molecule has 0 aliphatic rings. The Kier molecular flexibility index (Phi) is 4.91. The van der Waals surface area contributed by atoms with Crippen LogP contribution in [0.3, 0.4) is 0 Å². The fraction of sp³-hybridized carbons (Fsp3) is 0.263. The van der Waals surface area contributed by atoms with E-state index in [1.165, 1.54) is 5.56 Å². The second-order valence-corrected chi connectivity index (χ2v) is 5.95. The molecule has 0 radical (unpaired) electrons. The van der Waals surface area contributed by atoms with Crippen LogP contribution in [0.4, 0.5) is 0 Å². The van der Waals surface area contributed by atoms with Gasteiger partial charge in [-0.05, 0) is 31.0 Å². The molecule has 0 fully saturated rings. The molecular weight excluding hydrogens is 302 g/mol. The van der Waals surface area contributed by atoms with Gasteiger partial charge in [-0.1, -0.05) is 35.5 Å². The Bertz CT molecular complexity index is 849. The zero-order valence-corrected chi connectivity index (χ0v) is 13.9. The van der Waals surface area contributed by atoms with E-state index in [1.807, 2.05) is 19.1 Å². The average molecular weight is 323 g/mol. The molecule has 124 valence electrons. The summed E-state index contributed by atoms with van der Waals surface area (Å²) in [7, 11) is 0. The number of pyridine rings is 1. The highest BCUT2D eigenvalue weighted by Gasteiger charge is 2.09. The molecule has 5 nitrogen and oxygen atoms in total. The molecule has 3 aromatic rings. The highest BCUT2D eigenvalue weighted by molar-refractivity contribution is 5.23. The number of hydrogen-bond acceptors (Lipinski definition) is 4. The first-order valence-electron chi connectivity index (χ1n) is 8.02. The molecule has 1 unspecified atom stereocenters. The van der Waals surface area contributed by atoms with Crippen LogP contribution in [0.5, 0.6) is 0 Å². The predicted molar refractivity (Wildman–Crippen MR) is 92.7 cm³/mol. The van der Waals surface area contributed by atoms with Gasteiger partial charge < -0.3 is 14.4 Å². The van der Waals surface area contributed by atoms with Gasteiger partial charge in [0.2, 0.25) is 0 Å². The van der Waals surface area contributed by atoms with Crippen molar-refractivity contribution in [3.05, 3.63) is 87.7 Å². The van der Waals surface area contributed by atoms with Crippen molar-refractivity contribution in [2.24, 2.45) is 0 Å². The molecule has 3 rings (SSSR count). The van der Waals surface area contributed by atoms with Gasteiger partial charge in [0.1, 0.15) is 11.5 Å². The van der Waals surface area contributed by atoms with E-state index < -0.39 is 0 Å². The molecule has 24 heavy (non-hydrogen) atoms. The number of aromatic nitrogens is 2. The summed E-state index contributed by atoms with van der Waals surface area (Å²) in [5, 5.41) is 7.46. The summed E-state index contributed by atoms with van der Waals surface area (Å²) in [6, 6.07) is 15.5. The van der Waals surface area contributed by atoms with Crippen molar-refractivity contribution >= 4 is 0 Å². The lowest BCUT2D eigenvalue weighted by Crippen LogP contribution is -2.19. The van der Waals surface area contributed by atoms with Gasteiger partial charge in [0.15, 0.2) is 0 Å². The van der Waals surface area contributed by atoms with Crippen LogP contribution >= 0.6 is 0 Å². The fourth-order valence-corrected chi connectivity index (χ4v) is 2.52. The molecule has 0 spiro atoms. The standard InChI is InChI=1S/C19H21N3O2/c1-14-11-18(21-24-14)15(2)20-12-16-6-8-17(9-7-16)13-22-10-4-3-5-19(22)23/h3-11,15,20H,12-13H2,1-2H3. The first kappa shape index (κ1) is 16.2. The third kappa shape index (κ3) is 4.00. The van der Waals surface area contributed by atoms with Crippen LogP contribution in [-0.4, -0.2) is 9.72 Å². The molecule has 0 amide bonds. The maximum atomic E-state index is 11.7. The first-order chi connectivity index (χ1) is 11.6. The number of aryl methyl sites for hydroxylation is 1. The molecule has 0 saturated heterocycles. The van der Waals surface area contributed by atoms with E-state index in [0.29, 0.717) is 6.54 Å². The van der Waals surface area contributed by atoms with E-state index in [-0.39, 0.29) is 11.6 Å². The van der Waals surface area contributed by atoms with Gasteiger partial charge in [0.05, 0.1) is 12.6 Å². The second-order valence-electron chi connectivity index (χ2n) is 5.95. The number of nitrogens with one attached hydrogen (secondary N) is 1. The summed E-state index contributed by atoms with van der Waals surface area (Å²) in [4.78, 5) is 11.7. The minimum absolute atomic E-state index is 0.0139. The maximum Gasteiger partial charge on any atom is 0.250 e. The SMILES string of the molecule is Cc1cc(C(C)NCc2ccc(Cn3ccccc3=O)cc2)no1. The molecule has 0 bridgehead atoms. The van der Waals surface area contributed by atoms with Gasteiger partial charge in [0.25, 0.3) is 5.56 Å². The Morgan fingerprint density at radius 1 is 1.17 bits per heavy atom. The summed E-state index contributed by atoms with van der Waals surface area (Å²) in [6.07, 6.45) is 1.80. The third-order valence-corrected chi connectivity index (χ3v) is 3.98. The van der Waals surface area contributed by atoms with E-state index in [2.05, 4.69) is 41.7 Å². The summed E-state index contributed by atoms with van der Waals surface area (Å²) in [6.45, 7) is 5.29. The van der Waals surface area contributed by atoms with Crippen molar-refractivity contribution < 1.29 is 4.52 Å². The van der Waals surface area contributed by atoms with Crippen molar-refractivity contribution in [2.75, 3.05) is 0 Å². The first-order valence-corrected chi connectivity index (χ1v) is 8.02. The van der Waals surface area contributed by atoms with Gasteiger partial charge in [-0.3, -0.25) is 4.79 Å². The predicted octanol–water partition coefficient (Wildman–Crippen LogP) is 3.04. The molecule has 0 aliphatic heterocycles. The van der Waals surface area contributed by atoms with Crippen molar-refractivity contribution in [2.45, 2.75) is 33.0 Å². The Balaban J connectivity index is 1.58. The number of hydrogen-bond donors (Lipinski definition) is 1. The van der Waals surface area contributed by atoms with Crippen LogP contribution in [0.2, 0.25) is 0 Å². The molecule has 2 heterocycles. The lowest BCUT2D eigenvalue weighted by Gasteiger charge is -2.11. The van der Waals surface area contributed by atoms with Crippen molar-refractivity contribution in [3.63, 3.8) is 0 Å². The molecule has 5 heteroatoms. The Hall–Kier alpha value is -2.66. The van der Waals surface area contributed by atoms with E-state index in [4.69, 9.17) is 4.52 Å². The quantitative estimate of drug-likeness (QED) is 0.757. The topological polar surface area (TPSA) is 60.1 Å². The van der Waals surface area contributed by atoms with Crippen LogP contribution in [0.25, 0.3) is 0 Å². The molecule has 1 N–H and O–H groups in total. The van der Waals surface area contributed by atoms with Crippen molar-refractivity contribution in [1.29, 1.82) is 0 Å². The largest absolute Gasteiger partial charge is 0.361 e. The van der Waals surface area contributed by atoms with Crippen LogP contribution in [-0.2, 0) is 13.1 Å². The molecule has 1 atom stereocenters. The minimum Gasteiger partial charge on any atom is -0.361 e. The van der Waals surface area contributed by atoms with Gasteiger partial charge in [0, 0.05) is 24.9 Å². The second kappa shape index (κ2) is 7.27. The zero-order valence-electron chi connectivity index (χ0n) is 13.9. The minimum atomic E-state index is 0.0139. The van der Waals surface area contributed by atoms with Crippen LogP contribution < -0.4 is 10.9 Å². The average Bonchev–Trinajstić information content (AvgIpc) is 3.03. The number of benzene rings is 1. The van der Waals surface area contributed by atoms with E-state index in [9.17, 15) is 4.79 Å². The summed E-state index contributed by atoms with van der Waals surface area (Å²) >= 11 is 0. The van der Waals surface area contributed by atoms with Crippen molar-refractivity contribution in [3.8, 4) is 0 Å². The highest BCUT2D eigenvalue weighted by atomic mass is 16.5. The van der Waals surface area contributed by atoms with Gasteiger partial charge in [-0.25, -0.2) is 0 Å². The molecular formula is C19H21N3O2. The Labute approximate surface area is 140 Å². The van der Waals surface area contributed by atoms with E-state index in [0.717, 1.165) is 23.6 Å². The zero-order chi connectivity index (χ0) is 16.9. The fourth-order valence-electron chi connectivity index (χ4n) is 2.52. The van der Waals surface area contributed by atoms with Gasteiger partial charge in [-0.15, -0.1) is 0 Å². The van der Waals surface area contributed by atoms with Crippen LogP contribution in [0.15, 0.2) is 64.0 Å². The summed E-state index contributed by atoms with van der Waals surface area (Å²) in [5.74, 6) is 0.819. The molecule has 2 aromatic heterocycles. The van der Waals surface area contributed by atoms with Gasteiger partial charge >= 0.3 is 0 Å². The number of nitrogens with zero attached hydrogens (tertiary/aromatic N) is 2. The van der Waals surface area contributed by atoms with Gasteiger partial charge in [-0.2, -0.15) is 0 Å². The summed E-state index contributed by atoms with van der Waals surface area (Å²) in [5.41, 5.74) is 3.21. The lowest BCUT2D eigenvalue weighted by molar-refractivity contribution is 0.380. The van der Waals surface area contributed by atoms with Crippen LogP contribution in [0.1, 0.15) is 35.5 Å². The van der Waals surface area contributed by atoms with Crippen LogP contribution in [0, 0.1) is 6.92 Å². The van der Waals surface area contributed by atoms with Crippen molar-refractivity contribution in [1.82, 2.24) is 15.0 Å². The Morgan fingerprint density at radius 3 is 2.58 bits per heavy atom. The number of rotatable bonds is 6. The van der Waals surface area contributed by atoms with E-state index >= 15 is 0 Å². The monoisotopic (exact) mass is 323 g/mol. The smallest absolute Gasteiger partial charge is 0.250 e. The summed E-state index contributed by atoms with van der Waals surface area (Å²) < 4.78 is 6.80. The normalized spacial score (nSPS) is 12.2. The lowest BCUT2D eigenvalue weighted by atomic mass is 10.1. The highest BCUT2D eigenvalue weighted by Crippen LogP contribution is 2.13. The molecule has 0 saturated carbocycles.